The van der Waals surface area contributed by atoms with E-state index in [9.17, 15) is 5.11 Å². The van der Waals surface area contributed by atoms with Gasteiger partial charge in [0.2, 0.25) is 0 Å². The van der Waals surface area contributed by atoms with Crippen molar-refractivity contribution in [3.05, 3.63) is 65.2 Å². The first-order chi connectivity index (χ1) is 9.72. The fraction of sp³-hybridized carbons (Fsp3) is 0. The van der Waals surface area contributed by atoms with Gasteiger partial charge >= 0.3 is 0 Å². The third-order valence-corrected chi connectivity index (χ3v) is 3.65. The van der Waals surface area contributed by atoms with Gasteiger partial charge in [-0.05, 0) is 23.1 Å². The molecule has 1 N–H and O–H groups in total. The lowest BCUT2D eigenvalue weighted by Gasteiger charge is -2.10. The predicted molar refractivity (Wildman–Crippen MR) is 80.8 cm³/mol. The fourth-order valence-corrected chi connectivity index (χ4v) is 2.60. The second-order valence-corrected chi connectivity index (χ2v) is 4.86. The monoisotopic (exact) mass is 279 g/mol. The average molecular weight is 280 g/mol. The standard InChI is InChI=1S/C17H10ClNO/c18-16-9-3-6-12-13(5-2-7-14(12)16)15-8-1-4-11(10-19)17(15)20/h1-9,20H. The van der Waals surface area contributed by atoms with Crippen LogP contribution in [0.4, 0.5) is 0 Å². The molecular weight excluding hydrogens is 270 g/mol. The minimum Gasteiger partial charge on any atom is -0.506 e. The number of hydrogen-bond acceptors (Lipinski definition) is 2. The van der Waals surface area contributed by atoms with E-state index in [0.717, 1.165) is 16.3 Å². The van der Waals surface area contributed by atoms with E-state index in [1.807, 2.05) is 42.5 Å². The summed E-state index contributed by atoms with van der Waals surface area (Å²) in [6.45, 7) is 0. The molecule has 0 atom stereocenters. The van der Waals surface area contributed by atoms with Gasteiger partial charge in [0.05, 0.1) is 5.56 Å². The summed E-state index contributed by atoms with van der Waals surface area (Å²) in [6.07, 6.45) is 0. The number of halogens is 1. The number of para-hydroxylation sites is 1. The van der Waals surface area contributed by atoms with Gasteiger partial charge < -0.3 is 5.11 Å². The van der Waals surface area contributed by atoms with Crippen molar-refractivity contribution < 1.29 is 5.11 Å². The van der Waals surface area contributed by atoms with Crippen LogP contribution in [0.3, 0.4) is 0 Å². The predicted octanol–water partition coefficient (Wildman–Crippen LogP) is 4.74. The summed E-state index contributed by atoms with van der Waals surface area (Å²) in [5.41, 5.74) is 1.76. The van der Waals surface area contributed by atoms with E-state index in [1.54, 1.807) is 18.2 Å². The topological polar surface area (TPSA) is 44.0 Å². The Hall–Kier alpha value is -2.50. The van der Waals surface area contributed by atoms with E-state index < -0.39 is 0 Å². The summed E-state index contributed by atoms with van der Waals surface area (Å²) >= 11 is 6.20. The number of hydrogen-bond donors (Lipinski definition) is 1. The number of rotatable bonds is 1. The van der Waals surface area contributed by atoms with Gasteiger partial charge in [0, 0.05) is 16.0 Å². The maximum atomic E-state index is 10.2. The molecule has 0 radical (unpaired) electrons. The molecule has 0 saturated carbocycles. The van der Waals surface area contributed by atoms with Crippen LogP contribution in [0.15, 0.2) is 54.6 Å². The van der Waals surface area contributed by atoms with Crippen molar-refractivity contribution in [1.29, 1.82) is 5.26 Å². The molecule has 0 aliphatic carbocycles. The zero-order valence-corrected chi connectivity index (χ0v) is 11.2. The number of fused-ring (bicyclic) bond motifs is 1. The van der Waals surface area contributed by atoms with Gasteiger partial charge in [0.1, 0.15) is 11.8 Å². The van der Waals surface area contributed by atoms with Crippen LogP contribution < -0.4 is 0 Å². The fourth-order valence-electron chi connectivity index (χ4n) is 2.36. The Morgan fingerprint density at radius 1 is 0.850 bits per heavy atom. The Bertz CT molecular complexity index is 849. The third kappa shape index (κ3) is 1.89. The van der Waals surface area contributed by atoms with Crippen LogP contribution in [0.25, 0.3) is 21.9 Å². The molecule has 0 aliphatic rings. The van der Waals surface area contributed by atoms with E-state index >= 15 is 0 Å². The van der Waals surface area contributed by atoms with Crippen LogP contribution in [0.5, 0.6) is 5.75 Å². The molecule has 0 bridgehead atoms. The van der Waals surface area contributed by atoms with E-state index in [-0.39, 0.29) is 11.3 Å². The van der Waals surface area contributed by atoms with Crippen molar-refractivity contribution in [1.82, 2.24) is 0 Å². The number of nitriles is 1. The van der Waals surface area contributed by atoms with E-state index in [4.69, 9.17) is 16.9 Å². The van der Waals surface area contributed by atoms with Crippen molar-refractivity contribution in [2.45, 2.75) is 0 Å². The van der Waals surface area contributed by atoms with Gasteiger partial charge in [-0.1, -0.05) is 54.1 Å². The molecule has 0 heterocycles. The highest BCUT2D eigenvalue weighted by atomic mass is 35.5. The lowest BCUT2D eigenvalue weighted by Crippen LogP contribution is -1.85. The van der Waals surface area contributed by atoms with E-state index in [0.29, 0.717) is 10.6 Å². The molecule has 0 aromatic heterocycles. The molecule has 3 rings (SSSR count). The van der Waals surface area contributed by atoms with E-state index in [2.05, 4.69) is 0 Å². The minimum atomic E-state index is 0.00229. The number of aromatic hydroxyl groups is 1. The van der Waals surface area contributed by atoms with Crippen LogP contribution >= 0.6 is 11.6 Å². The van der Waals surface area contributed by atoms with Crippen LogP contribution in [0.1, 0.15) is 5.56 Å². The Morgan fingerprint density at radius 2 is 1.50 bits per heavy atom. The maximum Gasteiger partial charge on any atom is 0.141 e. The van der Waals surface area contributed by atoms with Gasteiger partial charge in [0.15, 0.2) is 0 Å². The number of phenolic OH excluding ortho intramolecular Hbond substituents is 1. The summed E-state index contributed by atoms with van der Waals surface area (Å²) in [5, 5.41) is 21.8. The first-order valence-electron chi connectivity index (χ1n) is 6.12. The third-order valence-electron chi connectivity index (χ3n) is 3.32. The van der Waals surface area contributed by atoms with Crippen LogP contribution in [0, 0.1) is 11.3 Å². The largest absolute Gasteiger partial charge is 0.506 e. The number of benzene rings is 3. The van der Waals surface area contributed by atoms with Crippen molar-refractivity contribution in [3.63, 3.8) is 0 Å². The zero-order chi connectivity index (χ0) is 14.1. The smallest absolute Gasteiger partial charge is 0.141 e. The molecule has 0 unspecified atom stereocenters. The molecule has 0 spiro atoms. The number of phenols is 1. The molecular formula is C17H10ClNO. The summed E-state index contributed by atoms with van der Waals surface area (Å²) in [5.74, 6) is 0.00229. The highest BCUT2D eigenvalue weighted by Gasteiger charge is 2.11. The SMILES string of the molecule is N#Cc1cccc(-c2cccc3c(Cl)cccc23)c1O. The summed E-state index contributed by atoms with van der Waals surface area (Å²) in [7, 11) is 0. The molecule has 0 saturated heterocycles. The first-order valence-corrected chi connectivity index (χ1v) is 6.50. The molecule has 0 aliphatic heterocycles. The maximum absolute atomic E-state index is 10.2. The Balaban J connectivity index is 2.37. The Morgan fingerprint density at radius 3 is 2.30 bits per heavy atom. The lowest BCUT2D eigenvalue weighted by atomic mass is 9.96. The van der Waals surface area contributed by atoms with Gasteiger partial charge in [-0.2, -0.15) is 5.26 Å². The van der Waals surface area contributed by atoms with Gasteiger partial charge in [-0.15, -0.1) is 0 Å². The van der Waals surface area contributed by atoms with Crippen LogP contribution in [-0.4, -0.2) is 5.11 Å². The minimum absolute atomic E-state index is 0.00229. The average Bonchev–Trinajstić information content (AvgIpc) is 2.48. The summed E-state index contributed by atoms with van der Waals surface area (Å²) in [4.78, 5) is 0. The van der Waals surface area contributed by atoms with Gasteiger partial charge in [0.25, 0.3) is 0 Å². The van der Waals surface area contributed by atoms with Crippen LogP contribution in [0.2, 0.25) is 5.02 Å². The van der Waals surface area contributed by atoms with Gasteiger partial charge in [-0.3, -0.25) is 0 Å². The summed E-state index contributed by atoms with van der Waals surface area (Å²) in [6, 6.07) is 18.5. The second kappa shape index (κ2) is 4.88. The van der Waals surface area contributed by atoms with Crippen molar-refractivity contribution >= 4 is 22.4 Å². The molecule has 0 fully saturated rings. The van der Waals surface area contributed by atoms with Crippen molar-refractivity contribution in [2.24, 2.45) is 0 Å². The Labute approximate surface area is 121 Å². The molecule has 2 nitrogen and oxygen atoms in total. The lowest BCUT2D eigenvalue weighted by molar-refractivity contribution is 0.475. The van der Waals surface area contributed by atoms with Crippen molar-refractivity contribution in [2.75, 3.05) is 0 Å². The zero-order valence-electron chi connectivity index (χ0n) is 10.5. The molecule has 3 heteroatoms. The Kier molecular flexibility index (Phi) is 3.06. The highest BCUT2D eigenvalue weighted by molar-refractivity contribution is 6.35. The van der Waals surface area contributed by atoms with Crippen molar-refractivity contribution in [3.8, 4) is 22.9 Å². The quantitative estimate of drug-likeness (QED) is 0.699. The first kappa shape index (κ1) is 12.5. The molecule has 3 aromatic carbocycles. The molecule has 3 aromatic rings. The second-order valence-electron chi connectivity index (χ2n) is 4.45. The van der Waals surface area contributed by atoms with Gasteiger partial charge in [-0.25, -0.2) is 0 Å². The van der Waals surface area contributed by atoms with E-state index in [1.165, 1.54) is 0 Å². The molecule has 0 amide bonds. The summed E-state index contributed by atoms with van der Waals surface area (Å²) < 4.78 is 0. The molecule has 96 valence electrons. The number of nitrogens with zero attached hydrogens (tertiary/aromatic N) is 1. The molecule has 20 heavy (non-hydrogen) atoms. The normalized spacial score (nSPS) is 10.4. The highest BCUT2D eigenvalue weighted by Crippen LogP contribution is 2.37. The van der Waals surface area contributed by atoms with Crippen LogP contribution in [-0.2, 0) is 0 Å².